The molecule has 0 radical (unpaired) electrons. The molecule has 0 aliphatic heterocycles. The first-order valence-corrected chi connectivity index (χ1v) is 9.08. The van der Waals surface area contributed by atoms with E-state index in [0.29, 0.717) is 10.8 Å². The molecule has 2 aromatic heterocycles. The van der Waals surface area contributed by atoms with Crippen LogP contribution in [0.5, 0.6) is 0 Å². The van der Waals surface area contributed by atoms with Gasteiger partial charge in [0, 0.05) is 6.54 Å². The fourth-order valence-corrected chi connectivity index (χ4v) is 3.21. The van der Waals surface area contributed by atoms with Gasteiger partial charge in [-0.25, -0.2) is 4.98 Å². The fraction of sp³-hybridized carbons (Fsp3) is 0.278. The zero-order chi connectivity index (χ0) is 17.8. The number of hydrogen-bond donors (Lipinski definition) is 2. The number of benzene rings is 1. The molecule has 1 unspecified atom stereocenters. The van der Waals surface area contributed by atoms with Gasteiger partial charge >= 0.3 is 0 Å². The number of hydrogen-bond acceptors (Lipinski definition) is 4. The Hall–Kier alpha value is -2.67. The van der Waals surface area contributed by atoms with Crippen LogP contribution in [0, 0.1) is 0 Å². The number of amides is 2. The standard InChI is InChI=1S/C18H20N4O2S/c1-3-10-22-14-8-5-4-7-13(14)20-18(22)21-16(23)12(2)19-17(24)15-9-6-11-25-15/h4-9,11-12H,3,10H2,1-2H3,(H,19,24)(H,20,21,23). The summed E-state index contributed by atoms with van der Waals surface area (Å²) in [4.78, 5) is 29.6. The lowest BCUT2D eigenvalue weighted by atomic mass is 10.3. The molecule has 1 atom stereocenters. The van der Waals surface area contributed by atoms with Crippen molar-refractivity contribution in [3.63, 3.8) is 0 Å². The van der Waals surface area contributed by atoms with E-state index in [1.54, 1.807) is 19.1 Å². The summed E-state index contributed by atoms with van der Waals surface area (Å²) in [5, 5.41) is 7.37. The molecule has 0 saturated carbocycles. The molecule has 2 heterocycles. The van der Waals surface area contributed by atoms with Gasteiger partial charge in [-0.1, -0.05) is 25.1 Å². The van der Waals surface area contributed by atoms with Crippen LogP contribution in [0.1, 0.15) is 29.9 Å². The molecule has 130 valence electrons. The van der Waals surface area contributed by atoms with E-state index in [2.05, 4.69) is 22.5 Å². The van der Waals surface area contributed by atoms with E-state index in [-0.39, 0.29) is 11.8 Å². The number of nitrogens with one attached hydrogen (secondary N) is 2. The van der Waals surface area contributed by atoms with Gasteiger partial charge in [0.25, 0.3) is 5.91 Å². The number of thiophene rings is 1. The second-order valence-electron chi connectivity index (χ2n) is 5.74. The molecule has 0 spiro atoms. The van der Waals surface area contributed by atoms with E-state index in [4.69, 9.17) is 0 Å². The average Bonchev–Trinajstić information content (AvgIpc) is 3.24. The summed E-state index contributed by atoms with van der Waals surface area (Å²) < 4.78 is 1.99. The third-order valence-corrected chi connectivity index (χ3v) is 4.69. The minimum Gasteiger partial charge on any atom is -0.340 e. The van der Waals surface area contributed by atoms with Crippen molar-refractivity contribution >= 4 is 40.1 Å². The minimum absolute atomic E-state index is 0.250. The topological polar surface area (TPSA) is 76.0 Å². The number of rotatable bonds is 6. The average molecular weight is 356 g/mol. The van der Waals surface area contributed by atoms with Gasteiger partial charge < -0.3 is 9.88 Å². The van der Waals surface area contributed by atoms with E-state index >= 15 is 0 Å². The Morgan fingerprint density at radius 2 is 2.04 bits per heavy atom. The van der Waals surface area contributed by atoms with Gasteiger partial charge in [-0.05, 0) is 36.9 Å². The number of para-hydroxylation sites is 2. The van der Waals surface area contributed by atoms with Gasteiger partial charge in [-0.3, -0.25) is 14.9 Å². The van der Waals surface area contributed by atoms with Crippen molar-refractivity contribution in [1.82, 2.24) is 14.9 Å². The highest BCUT2D eigenvalue weighted by molar-refractivity contribution is 7.12. The fourth-order valence-electron chi connectivity index (χ4n) is 2.58. The number of fused-ring (bicyclic) bond motifs is 1. The number of carbonyl (C=O) groups is 2. The summed E-state index contributed by atoms with van der Waals surface area (Å²) in [6.45, 7) is 4.49. The van der Waals surface area contributed by atoms with E-state index in [1.165, 1.54) is 11.3 Å². The molecule has 6 nitrogen and oxygen atoms in total. The zero-order valence-electron chi connectivity index (χ0n) is 14.2. The van der Waals surface area contributed by atoms with Crippen molar-refractivity contribution in [1.29, 1.82) is 0 Å². The molecule has 0 aliphatic rings. The number of aryl methyl sites for hydroxylation is 1. The van der Waals surface area contributed by atoms with Crippen molar-refractivity contribution in [2.75, 3.05) is 5.32 Å². The molecule has 0 saturated heterocycles. The molecule has 3 rings (SSSR count). The summed E-state index contributed by atoms with van der Waals surface area (Å²) in [6, 6.07) is 10.6. The summed E-state index contributed by atoms with van der Waals surface area (Å²) in [5.41, 5.74) is 1.82. The van der Waals surface area contributed by atoms with Crippen LogP contribution in [-0.2, 0) is 11.3 Å². The maximum atomic E-state index is 12.5. The van der Waals surface area contributed by atoms with Crippen molar-refractivity contribution in [3.05, 3.63) is 46.7 Å². The molecule has 25 heavy (non-hydrogen) atoms. The van der Waals surface area contributed by atoms with Gasteiger partial charge in [0.05, 0.1) is 15.9 Å². The number of carbonyl (C=O) groups excluding carboxylic acids is 2. The predicted molar refractivity (Wildman–Crippen MR) is 99.9 cm³/mol. The second-order valence-corrected chi connectivity index (χ2v) is 6.69. The molecule has 3 aromatic rings. The number of aromatic nitrogens is 2. The van der Waals surface area contributed by atoms with Crippen LogP contribution in [0.3, 0.4) is 0 Å². The second kappa shape index (κ2) is 7.48. The Kier molecular flexibility index (Phi) is 5.14. The van der Waals surface area contributed by atoms with Gasteiger partial charge in [-0.15, -0.1) is 11.3 Å². The molecular formula is C18H20N4O2S. The van der Waals surface area contributed by atoms with Gasteiger partial charge in [0.1, 0.15) is 6.04 Å². The normalized spacial score (nSPS) is 12.1. The Morgan fingerprint density at radius 1 is 1.24 bits per heavy atom. The SMILES string of the molecule is CCCn1c(NC(=O)C(C)NC(=O)c2cccs2)nc2ccccc21. The van der Waals surface area contributed by atoms with Crippen LogP contribution >= 0.6 is 11.3 Å². The maximum Gasteiger partial charge on any atom is 0.261 e. The Morgan fingerprint density at radius 3 is 2.76 bits per heavy atom. The first-order valence-electron chi connectivity index (χ1n) is 8.20. The van der Waals surface area contributed by atoms with Gasteiger partial charge in [-0.2, -0.15) is 0 Å². The van der Waals surface area contributed by atoms with Crippen molar-refractivity contribution in [3.8, 4) is 0 Å². The predicted octanol–water partition coefficient (Wildman–Crippen LogP) is 3.26. The summed E-state index contributed by atoms with van der Waals surface area (Å²) in [6.07, 6.45) is 0.924. The van der Waals surface area contributed by atoms with E-state index in [0.717, 1.165) is 24.0 Å². The van der Waals surface area contributed by atoms with Crippen LogP contribution in [0.4, 0.5) is 5.95 Å². The van der Waals surface area contributed by atoms with Crippen molar-refractivity contribution < 1.29 is 9.59 Å². The maximum absolute atomic E-state index is 12.5. The third kappa shape index (κ3) is 3.71. The molecule has 0 fully saturated rings. The van der Waals surface area contributed by atoms with Crippen LogP contribution in [-0.4, -0.2) is 27.4 Å². The number of nitrogens with zero attached hydrogens (tertiary/aromatic N) is 2. The monoisotopic (exact) mass is 356 g/mol. The van der Waals surface area contributed by atoms with Crippen LogP contribution in [0.2, 0.25) is 0 Å². The van der Waals surface area contributed by atoms with Crippen LogP contribution in [0.15, 0.2) is 41.8 Å². The van der Waals surface area contributed by atoms with E-state index in [1.807, 2.05) is 34.2 Å². The van der Waals surface area contributed by atoms with Gasteiger partial charge in [0.15, 0.2) is 0 Å². The molecule has 2 N–H and O–H groups in total. The van der Waals surface area contributed by atoms with Crippen molar-refractivity contribution in [2.45, 2.75) is 32.9 Å². The van der Waals surface area contributed by atoms with E-state index in [9.17, 15) is 9.59 Å². The highest BCUT2D eigenvalue weighted by Crippen LogP contribution is 2.20. The first kappa shape index (κ1) is 17.2. The molecule has 0 aliphatic carbocycles. The zero-order valence-corrected chi connectivity index (χ0v) is 15.0. The molecule has 2 amide bonds. The quantitative estimate of drug-likeness (QED) is 0.712. The largest absolute Gasteiger partial charge is 0.340 e. The molecule has 0 bridgehead atoms. The third-order valence-electron chi connectivity index (χ3n) is 3.82. The smallest absolute Gasteiger partial charge is 0.261 e. The van der Waals surface area contributed by atoms with Crippen LogP contribution in [0.25, 0.3) is 11.0 Å². The molecule has 7 heteroatoms. The number of imidazole rings is 1. The summed E-state index contributed by atoms with van der Waals surface area (Å²) in [5.74, 6) is -0.0393. The van der Waals surface area contributed by atoms with Crippen LogP contribution < -0.4 is 10.6 Å². The van der Waals surface area contributed by atoms with E-state index < -0.39 is 6.04 Å². The Balaban J connectivity index is 1.75. The molecule has 1 aromatic carbocycles. The first-order chi connectivity index (χ1) is 12.1. The van der Waals surface area contributed by atoms with Gasteiger partial charge in [0.2, 0.25) is 11.9 Å². The summed E-state index contributed by atoms with van der Waals surface area (Å²) >= 11 is 1.34. The highest BCUT2D eigenvalue weighted by Gasteiger charge is 2.20. The summed E-state index contributed by atoms with van der Waals surface area (Å²) in [7, 11) is 0. The lowest BCUT2D eigenvalue weighted by molar-refractivity contribution is -0.117. The lowest BCUT2D eigenvalue weighted by Crippen LogP contribution is -2.41. The Bertz CT molecular complexity index is 886. The number of anilines is 1. The minimum atomic E-state index is -0.663. The Labute approximate surface area is 149 Å². The van der Waals surface area contributed by atoms with Crippen molar-refractivity contribution in [2.24, 2.45) is 0 Å². The lowest BCUT2D eigenvalue weighted by Gasteiger charge is -2.14. The molecular weight excluding hydrogens is 336 g/mol. The highest BCUT2D eigenvalue weighted by atomic mass is 32.1.